The Labute approximate surface area is 94.2 Å². The third-order valence-electron chi connectivity index (χ3n) is 3.04. The molecule has 0 saturated heterocycles. The molecule has 1 aromatic carbocycles. The van der Waals surface area contributed by atoms with Gasteiger partial charge in [0, 0.05) is 11.3 Å². The number of benzene rings is 1. The standard InChI is InChI=1S/C12H14ClFO/c1-15-11-7-3-5-9(12(11)14)8-4-2-6-10(8)13/h3,5,7-8,10H,2,4,6H2,1H3. The molecule has 0 N–H and O–H groups in total. The average molecular weight is 229 g/mol. The van der Waals surface area contributed by atoms with E-state index in [-0.39, 0.29) is 17.1 Å². The summed E-state index contributed by atoms with van der Waals surface area (Å²) in [5.41, 5.74) is 0.701. The molecule has 82 valence electrons. The molecule has 0 aromatic heterocycles. The first-order valence-corrected chi connectivity index (χ1v) is 5.64. The molecule has 0 heterocycles. The van der Waals surface area contributed by atoms with Crippen LogP contribution in [0.1, 0.15) is 30.7 Å². The number of alkyl halides is 1. The maximum absolute atomic E-state index is 13.9. The third kappa shape index (κ3) is 1.96. The van der Waals surface area contributed by atoms with E-state index in [1.807, 2.05) is 12.1 Å². The summed E-state index contributed by atoms with van der Waals surface area (Å²) in [6.07, 6.45) is 3.02. The highest BCUT2D eigenvalue weighted by molar-refractivity contribution is 6.21. The average Bonchev–Trinajstić information content (AvgIpc) is 2.65. The molecule has 0 spiro atoms. The van der Waals surface area contributed by atoms with E-state index >= 15 is 0 Å². The van der Waals surface area contributed by atoms with E-state index in [2.05, 4.69) is 0 Å². The highest BCUT2D eigenvalue weighted by Crippen LogP contribution is 2.40. The Morgan fingerprint density at radius 1 is 1.40 bits per heavy atom. The van der Waals surface area contributed by atoms with Crippen molar-refractivity contribution in [2.75, 3.05) is 7.11 Å². The van der Waals surface area contributed by atoms with Crippen molar-refractivity contribution in [1.82, 2.24) is 0 Å². The third-order valence-corrected chi connectivity index (χ3v) is 3.57. The lowest BCUT2D eigenvalue weighted by molar-refractivity contribution is 0.382. The molecule has 2 unspecified atom stereocenters. The van der Waals surface area contributed by atoms with Gasteiger partial charge in [-0.1, -0.05) is 18.6 Å². The fraction of sp³-hybridized carbons (Fsp3) is 0.500. The predicted octanol–water partition coefficient (Wildman–Crippen LogP) is 3.71. The molecule has 0 amide bonds. The molecule has 1 aromatic rings. The Bertz CT molecular complexity index is 353. The van der Waals surface area contributed by atoms with Gasteiger partial charge in [-0.05, 0) is 24.5 Å². The Kier molecular flexibility index (Phi) is 3.15. The molecule has 0 radical (unpaired) electrons. The Balaban J connectivity index is 2.35. The minimum absolute atomic E-state index is 0.0617. The van der Waals surface area contributed by atoms with Crippen LogP contribution in [-0.4, -0.2) is 12.5 Å². The lowest BCUT2D eigenvalue weighted by Crippen LogP contribution is -2.07. The monoisotopic (exact) mass is 228 g/mol. The zero-order valence-corrected chi connectivity index (χ0v) is 9.43. The summed E-state index contributed by atoms with van der Waals surface area (Å²) < 4.78 is 18.9. The largest absolute Gasteiger partial charge is 0.494 e. The van der Waals surface area contributed by atoms with Crippen molar-refractivity contribution in [3.8, 4) is 5.75 Å². The van der Waals surface area contributed by atoms with Gasteiger partial charge in [0.25, 0.3) is 0 Å². The minimum Gasteiger partial charge on any atom is -0.494 e. The van der Waals surface area contributed by atoms with Crippen LogP contribution in [0.25, 0.3) is 0 Å². The van der Waals surface area contributed by atoms with E-state index in [1.165, 1.54) is 7.11 Å². The van der Waals surface area contributed by atoms with Crippen LogP contribution in [0.4, 0.5) is 4.39 Å². The number of methoxy groups -OCH3 is 1. The second-order valence-electron chi connectivity index (χ2n) is 3.92. The molecule has 1 nitrogen and oxygen atoms in total. The SMILES string of the molecule is COc1cccc(C2CCCC2Cl)c1F. The molecule has 1 saturated carbocycles. The van der Waals surface area contributed by atoms with Gasteiger partial charge >= 0.3 is 0 Å². The fourth-order valence-electron chi connectivity index (χ4n) is 2.24. The van der Waals surface area contributed by atoms with Crippen molar-refractivity contribution < 1.29 is 9.13 Å². The summed E-state index contributed by atoms with van der Waals surface area (Å²) in [5.74, 6) is 0.197. The van der Waals surface area contributed by atoms with Crippen LogP contribution in [0, 0.1) is 5.82 Å². The van der Waals surface area contributed by atoms with Crippen molar-refractivity contribution in [2.24, 2.45) is 0 Å². The molecule has 2 atom stereocenters. The molecule has 15 heavy (non-hydrogen) atoms. The van der Waals surface area contributed by atoms with Crippen LogP contribution in [0.15, 0.2) is 18.2 Å². The second kappa shape index (κ2) is 4.40. The van der Waals surface area contributed by atoms with Crippen molar-refractivity contribution >= 4 is 11.6 Å². The van der Waals surface area contributed by atoms with Gasteiger partial charge < -0.3 is 4.74 Å². The lowest BCUT2D eigenvalue weighted by Gasteiger charge is -2.16. The summed E-state index contributed by atoms with van der Waals surface area (Å²) in [5, 5.41) is 0.0617. The van der Waals surface area contributed by atoms with Crippen LogP contribution < -0.4 is 4.74 Å². The topological polar surface area (TPSA) is 9.23 Å². The molecular weight excluding hydrogens is 215 g/mol. The van der Waals surface area contributed by atoms with Crippen LogP contribution in [-0.2, 0) is 0 Å². The maximum atomic E-state index is 13.9. The highest BCUT2D eigenvalue weighted by atomic mass is 35.5. The number of rotatable bonds is 2. The summed E-state index contributed by atoms with van der Waals surface area (Å²) in [6, 6.07) is 5.26. The predicted molar refractivity (Wildman–Crippen MR) is 59.2 cm³/mol. The van der Waals surface area contributed by atoms with E-state index in [9.17, 15) is 4.39 Å². The van der Waals surface area contributed by atoms with Crippen LogP contribution >= 0.6 is 11.6 Å². The fourth-order valence-corrected chi connectivity index (χ4v) is 2.65. The van der Waals surface area contributed by atoms with Crippen molar-refractivity contribution in [3.05, 3.63) is 29.6 Å². The van der Waals surface area contributed by atoms with Crippen molar-refractivity contribution in [3.63, 3.8) is 0 Å². The highest BCUT2D eigenvalue weighted by Gasteiger charge is 2.29. The first-order valence-electron chi connectivity index (χ1n) is 5.20. The van der Waals surface area contributed by atoms with Crippen LogP contribution in [0.2, 0.25) is 0 Å². The molecule has 3 heteroatoms. The Hall–Kier alpha value is -0.760. The van der Waals surface area contributed by atoms with Gasteiger partial charge in [-0.15, -0.1) is 11.6 Å². The van der Waals surface area contributed by atoms with E-state index in [0.29, 0.717) is 11.3 Å². The van der Waals surface area contributed by atoms with Crippen LogP contribution in [0.5, 0.6) is 5.75 Å². The van der Waals surface area contributed by atoms with Gasteiger partial charge in [0.05, 0.1) is 7.11 Å². The molecule has 0 aliphatic heterocycles. The van der Waals surface area contributed by atoms with E-state index in [0.717, 1.165) is 19.3 Å². The zero-order valence-electron chi connectivity index (χ0n) is 8.67. The van der Waals surface area contributed by atoms with E-state index in [1.54, 1.807) is 6.07 Å². The van der Waals surface area contributed by atoms with Gasteiger partial charge in [0.1, 0.15) is 0 Å². The van der Waals surface area contributed by atoms with Gasteiger partial charge in [0.2, 0.25) is 0 Å². The van der Waals surface area contributed by atoms with E-state index < -0.39 is 0 Å². The van der Waals surface area contributed by atoms with E-state index in [4.69, 9.17) is 16.3 Å². The van der Waals surface area contributed by atoms with Crippen molar-refractivity contribution in [2.45, 2.75) is 30.6 Å². The molecule has 0 bridgehead atoms. The first-order chi connectivity index (χ1) is 7.24. The van der Waals surface area contributed by atoms with Gasteiger partial charge in [-0.2, -0.15) is 0 Å². The maximum Gasteiger partial charge on any atom is 0.168 e. The smallest absolute Gasteiger partial charge is 0.168 e. The van der Waals surface area contributed by atoms with Gasteiger partial charge in [-0.3, -0.25) is 0 Å². The summed E-state index contributed by atoms with van der Waals surface area (Å²) in [4.78, 5) is 0. The van der Waals surface area contributed by atoms with Gasteiger partial charge in [0.15, 0.2) is 11.6 Å². The summed E-state index contributed by atoms with van der Waals surface area (Å²) in [7, 11) is 1.48. The first kappa shape index (κ1) is 10.7. The normalized spacial score (nSPS) is 25.5. The minimum atomic E-state index is -0.252. The van der Waals surface area contributed by atoms with Crippen molar-refractivity contribution in [1.29, 1.82) is 0 Å². The quantitative estimate of drug-likeness (QED) is 0.702. The molecule has 1 aliphatic carbocycles. The molecule has 1 aliphatic rings. The Morgan fingerprint density at radius 2 is 2.20 bits per heavy atom. The number of hydrogen-bond acceptors (Lipinski definition) is 1. The second-order valence-corrected chi connectivity index (χ2v) is 4.48. The molecule has 1 fully saturated rings. The lowest BCUT2D eigenvalue weighted by atomic mass is 9.96. The molecular formula is C12H14ClFO. The number of halogens is 2. The summed E-state index contributed by atoms with van der Waals surface area (Å²) >= 11 is 6.17. The van der Waals surface area contributed by atoms with Gasteiger partial charge in [-0.25, -0.2) is 4.39 Å². The Morgan fingerprint density at radius 3 is 2.80 bits per heavy atom. The number of ether oxygens (including phenoxy) is 1. The zero-order chi connectivity index (χ0) is 10.8. The van der Waals surface area contributed by atoms with Crippen LogP contribution in [0.3, 0.4) is 0 Å². The summed E-state index contributed by atoms with van der Waals surface area (Å²) in [6.45, 7) is 0. The number of hydrogen-bond donors (Lipinski definition) is 0. The molecule has 2 rings (SSSR count).